The Morgan fingerprint density at radius 3 is 2.40 bits per heavy atom. The third-order valence-electron chi connectivity index (χ3n) is 2.81. The van der Waals surface area contributed by atoms with Gasteiger partial charge in [-0.2, -0.15) is 0 Å². The van der Waals surface area contributed by atoms with Crippen molar-refractivity contribution >= 4 is 17.7 Å². The lowest BCUT2D eigenvalue weighted by Crippen LogP contribution is -2.37. The molecule has 90 valence electrons. The zero-order valence-corrected chi connectivity index (χ0v) is 10.6. The summed E-state index contributed by atoms with van der Waals surface area (Å²) in [6.45, 7) is 6.09. The molecule has 2 N–H and O–H groups in total. The molecule has 15 heavy (non-hydrogen) atoms. The summed E-state index contributed by atoms with van der Waals surface area (Å²) in [7, 11) is 0. The van der Waals surface area contributed by atoms with Crippen LogP contribution in [0.15, 0.2) is 0 Å². The summed E-state index contributed by atoms with van der Waals surface area (Å²) >= 11 is 1.37. The Kier molecular flexibility index (Phi) is 7.02. The van der Waals surface area contributed by atoms with Crippen LogP contribution < -0.4 is 0 Å². The predicted octanol–water partition coefficient (Wildman–Crippen LogP) is 2.38. The Hall–Kier alpha value is -0.220. The molecule has 2 atom stereocenters. The molecule has 0 fully saturated rings. The van der Waals surface area contributed by atoms with Crippen molar-refractivity contribution in [2.75, 3.05) is 12.4 Å². The fourth-order valence-corrected chi connectivity index (χ4v) is 2.77. The molecule has 0 radical (unpaired) electrons. The lowest BCUT2D eigenvalue weighted by Gasteiger charge is -2.29. The van der Waals surface area contributed by atoms with Crippen molar-refractivity contribution in [1.29, 1.82) is 0 Å². The Morgan fingerprint density at radius 2 is 2.07 bits per heavy atom. The summed E-state index contributed by atoms with van der Waals surface area (Å²) in [6, 6.07) is 0. The maximum Gasteiger partial charge on any atom is 0.319 e. The topological polar surface area (TPSA) is 57.5 Å². The van der Waals surface area contributed by atoms with Crippen molar-refractivity contribution in [2.24, 2.45) is 5.92 Å². The minimum Gasteiger partial charge on any atom is -0.480 e. The fourth-order valence-electron chi connectivity index (χ4n) is 1.55. The Labute approximate surface area is 96.3 Å². The van der Waals surface area contributed by atoms with Crippen LogP contribution >= 0.6 is 11.8 Å². The van der Waals surface area contributed by atoms with Gasteiger partial charge in [0.15, 0.2) is 0 Å². The van der Waals surface area contributed by atoms with Crippen LogP contribution in [-0.2, 0) is 4.79 Å². The van der Waals surface area contributed by atoms with Crippen LogP contribution in [0, 0.1) is 5.92 Å². The summed E-state index contributed by atoms with van der Waals surface area (Å²) in [6.07, 6.45) is 2.28. The van der Waals surface area contributed by atoms with Gasteiger partial charge in [0.1, 0.15) is 4.75 Å². The van der Waals surface area contributed by atoms with Gasteiger partial charge in [-0.15, -0.1) is 11.8 Å². The lowest BCUT2D eigenvalue weighted by molar-refractivity contribution is -0.140. The molecular formula is C11H22O3S. The number of carboxylic acid groups (broad SMARTS) is 1. The van der Waals surface area contributed by atoms with Crippen LogP contribution in [0.1, 0.15) is 40.0 Å². The zero-order valence-electron chi connectivity index (χ0n) is 9.82. The van der Waals surface area contributed by atoms with E-state index in [0.717, 1.165) is 6.42 Å². The highest BCUT2D eigenvalue weighted by molar-refractivity contribution is 8.01. The number of thioether (sulfide) groups is 1. The normalized spacial score (nSPS) is 17.1. The molecule has 0 aromatic heterocycles. The number of hydrogen-bond acceptors (Lipinski definition) is 3. The Balaban J connectivity index is 4.57. The van der Waals surface area contributed by atoms with Crippen molar-refractivity contribution < 1.29 is 15.0 Å². The van der Waals surface area contributed by atoms with Crippen molar-refractivity contribution in [3.63, 3.8) is 0 Å². The van der Waals surface area contributed by atoms with E-state index in [1.807, 2.05) is 6.92 Å². The van der Waals surface area contributed by atoms with E-state index < -0.39 is 10.7 Å². The summed E-state index contributed by atoms with van der Waals surface area (Å²) < 4.78 is -0.710. The van der Waals surface area contributed by atoms with Crippen molar-refractivity contribution in [2.45, 2.75) is 44.8 Å². The minimum atomic E-state index is -0.747. The number of hydrogen-bond donors (Lipinski definition) is 2. The van der Waals surface area contributed by atoms with Gasteiger partial charge >= 0.3 is 5.97 Å². The number of aliphatic hydroxyl groups is 1. The fraction of sp³-hybridized carbons (Fsp3) is 0.909. The second kappa shape index (κ2) is 7.12. The van der Waals surface area contributed by atoms with Crippen LogP contribution in [-0.4, -0.2) is 33.3 Å². The summed E-state index contributed by atoms with van der Waals surface area (Å²) in [5.41, 5.74) is 0. The van der Waals surface area contributed by atoms with Gasteiger partial charge in [0.25, 0.3) is 0 Å². The largest absolute Gasteiger partial charge is 0.480 e. The van der Waals surface area contributed by atoms with Gasteiger partial charge in [0.05, 0.1) is 6.61 Å². The van der Waals surface area contributed by atoms with Gasteiger partial charge in [-0.05, 0) is 18.8 Å². The van der Waals surface area contributed by atoms with Gasteiger partial charge in [-0.1, -0.05) is 27.2 Å². The smallest absolute Gasteiger partial charge is 0.319 e. The van der Waals surface area contributed by atoms with E-state index in [9.17, 15) is 9.90 Å². The third-order valence-corrected chi connectivity index (χ3v) is 4.37. The SMILES string of the molecule is CCC(C)CC(CC)(SCCO)C(=O)O. The molecule has 4 heteroatoms. The first kappa shape index (κ1) is 14.8. The molecule has 0 aliphatic carbocycles. The van der Waals surface area contributed by atoms with Crippen molar-refractivity contribution in [1.82, 2.24) is 0 Å². The molecular weight excluding hydrogens is 212 g/mol. The third kappa shape index (κ3) is 4.43. The van der Waals surface area contributed by atoms with E-state index in [4.69, 9.17) is 5.11 Å². The van der Waals surface area contributed by atoms with Gasteiger partial charge < -0.3 is 10.2 Å². The van der Waals surface area contributed by atoms with Crippen LogP contribution in [0.3, 0.4) is 0 Å². The number of carboxylic acids is 1. The van der Waals surface area contributed by atoms with Crippen LogP contribution in [0.2, 0.25) is 0 Å². The van der Waals surface area contributed by atoms with E-state index in [0.29, 0.717) is 24.5 Å². The molecule has 0 bridgehead atoms. The summed E-state index contributed by atoms with van der Waals surface area (Å²) in [5.74, 6) is 0.160. The van der Waals surface area contributed by atoms with Gasteiger partial charge in [-0.25, -0.2) is 0 Å². The molecule has 2 unspecified atom stereocenters. The van der Waals surface area contributed by atoms with E-state index in [1.54, 1.807) is 0 Å². The van der Waals surface area contributed by atoms with Crippen LogP contribution in [0.5, 0.6) is 0 Å². The first-order valence-corrected chi connectivity index (χ1v) is 6.49. The van der Waals surface area contributed by atoms with Crippen LogP contribution in [0.4, 0.5) is 0 Å². The molecule has 0 aromatic rings. The Bertz CT molecular complexity index is 196. The molecule has 0 heterocycles. The number of rotatable bonds is 8. The highest BCUT2D eigenvalue weighted by Gasteiger charge is 2.37. The maximum absolute atomic E-state index is 11.3. The van der Waals surface area contributed by atoms with Crippen molar-refractivity contribution in [3.05, 3.63) is 0 Å². The quantitative estimate of drug-likeness (QED) is 0.677. The van der Waals surface area contributed by atoms with E-state index in [2.05, 4.69) is 13.8 Å². The highest BCUT2D eigenvalue weighted by Crippen LogP contribution is 2.36. The molecule has 0 rings (SSSR count). The molecule has 0 aliphatic heterocycles. The lowest BCUT2D eigenvalue weighted by atomic mass is 9.91. The molecule has 3 nitrogen and oxygen atoms in total. The van der Waals surface area contributed by atoms with Gasteiger partial charge in [0.2, 0.25) is 0 Å². The molecule has 0 aromatic carbocycles. The second-order valence-electron chi connectivity index (χ2n) is 3.94. The number of carbonyl (C=O) groups is 1. The van der Waals surface area contributed by atoms with E-state index in [1.165, 1.54) is 11.8 Å². The molecule has 0 spiro atoms. The van der Waals surface area contributed by atoms with E-state index in [-0.39, 0.29) is 6.61 Å². The average molecular weight is 234 g/mol. The predicted molar refractivity (Wildman–Crippen MR) is 64.3 cm³/mol. The number of aliphatic hydroxyl groups excluding tert-OH is 1. The molecule has 0 amide bonds. The maximum atomic E-state index is 11.3. The standard InChI is InChI=1S/C11H22O3S/c1-4-9(3)8-11(5-2,10(13)14)15-7-6-12/h9,12H,4-8H2,1-3H3,(H,13,14). The average Bonchev–Trinajstić information content (AvgIpc) is 2.23. The van der Waals surface area contributed by atoms with Gasteiger partial charge in [0, 0.05) is 5.75 Å². The number of aliphatic carboxylic acids is 1. The zero-order chi connectivity index (χ0) is 11.9. The molecule has 0 saturated heterocycles. The monoisotopic (exact) mass is 234 g/mol. The summed E-state index contributed by atoms with van der Waals surface area (Å²) in [4.78, 5) is 11.3. The van der Waals surface area contributed by atoms with Crippen molar-refractivity contribution in [3.8, 4) is 0 Å². The first-order valence-electron chi connectivity index (χ1n) is 5.50. The van der Waals surface area contributed by atoms with Gasteiger partial charge in [-0.3, -0.25) is 4.79 Å². The minimum absolute atomic E-state index is 0.0419. The first-order chi connectivity index (χ1) is 7.02. The van der Waals surface area contributed by atoms with E-state index >= 15 is 0 Å². The van der Waals surface area contributed by atoms with Crippen LogP contribution in [0.25, 0.3) is 0 Å². The highest BCUT2D eigenvalue weighted by atomic mass is 32.2. The molecule has 0 aliphatic rings. The summed E-state index contributed by atoms with van der Waals surface area (Å²) in [5, 5.41) is 18.1. The molecule has 0 saturated carbocycles. The second-order valence-corrected chi connectivity index (χ2v) is 5.42. The Morgan fingerprint density at radius 1 is 1.47 bits per heavy atom.